The second-order valence-electron chi connectivity index (χ2n) is 18.5. The van der Waals surface area contributed by atoms with Gasteiger partial charge in [-0.25, -0.2) is 0 Å². The minimum Gasteiger partial charge on any atom is -0.466 e. The van der Waals surface area contributed by atoms with Gasteiger partial charge >= 0.3 is 5.97 Å². The molecule has 0 aliphatic carbocycles. The van der Waals surface area contributed by atoms with E-state index in [2.05, 4.69) is 61.7 Å². The minimum atomic E-state index is -0.882. The number of allylic oxidation sites excluding steroid dienone is 9. The second kappa shape index (κ2) is 53.2. The molecule has 64 heavy (non-hydrogen) atoms. The molecule has 2 atom stereocenters. The third kappa shape index (κ3) is 49.0. The van der Waals surface area contributed by atoms with Crippen LogP contribution in [0.5, 0.6) is 0 Å². The Hall–Kier alpha value is -2.44. The Bertz CT molecular complexity index is 1130. The Balaban J connectivity index is 3.60. The highest BCUT2D eigenvalue weighted by atomic mass is 16.5. The van der Waals surface area contributed by atoms with Gasteiger partial charge in [-0.05, 0) is 77.0 Å². The Morgan fingerprint density at radius 3 is 1.27 bits per heavy atom. The van der Waals surface area contributed by atoms with Crippen LogP contribution in [0.25, 0.3) is 0 Å². The van der Waals surface area contributed by atoms with Crippen LogP contribution in [0.3, 0.4) is 0 Å². The van der Waals surface area contributed by atoms with Gasteiger partial charge in [-0.2, -0.15) is 0 Å². The summed E-state index contributed by atoms with van der Waals surface area (Å²) < 4.78 is 5.44. The van der Waals surface area contributed by atoms with Gasteiger partial charge in [-0.15, -0.1) is 0 Å². The van der Waals surface area contributed by atoms with Crippen molar-refractivity contribution in [3.63, 3.8) is 0 Å². The van der Waals surface area contributed by atoms with Gasteiger partial charge in [-0.3, -0.25) is 9.59 Å². The maximum Gasteiger partial charge on any atom is 0.305 e. The van der Waals surface area contributed by atoms with E-state index in [0.717, 1.165) is 64.2 Å². The van der Waals surface area contributed by atoms with Crippen molar-refractivity contribution in [3.05, 3.63) is 60.8 Å². The summed E-state index contributed by atoms with van der Waals surface area (Å²) in [5.41, 5.74) is 0. The maximum absolute atomic E-state index is 12.4. The molecule has 0 spiro atoms. The molecule has 6 nitrogen and oxygen atoms in total. The first-order chi connectivity index (χ1) is 31.5. The Morgan fingerprint density at radius 1 is 0.438 bits per heavy atom. The van der Waals surface area contributed by atoms with Crippen LogP contribution < -0.4 is 5.32 Å². The van der Waals surface area contributed by atoms with E-state index in [1.54, 1.807) is 6.08 Å². The molecule has 0 aliphatic heterocycles. The Kier molecular flexibility index (Phi) is 51.2. The third-order valence-electron chi connectivity index (χ3n) is 12.3. The fourth-order valence-corrected chi connectivity index (χ4v) is 7.99. The molecule has 3 N–H and O–H groups in total. The molecule has 0 heterocycles. The van der Waals surface area contributed by atoms with Gasteiger partial charge in [0.05, 0.1) is 25.4 Å². The van der Waals surface area contributed by atoms with E-state index in [0.29, 0.717) is 25.9 Å². The number of nitrogens with one attached hydrogen (secondary N) is 1. The molecule has 2 unspecified atom stereocenters. The molecule has 0 saturated heterocycles. The third-order valence-corrected chi connectivity index (χ3v) is 12.3. The lowest BCUT2D eigenvalue weighted by Crippen LogP contribution is -2.45. The number of carbonyl (C=O) groups is 2. The van der Waals surface area contributed by atoms with Crippen LogP contribution in [0.4, 0.5) is 0 Å². The summed E-state index contributed by atoms with van der Waals surface area (Å²) >= 11 is 0. The van der Waals surface area contributed by atoms with Gasteiger partial charge in [0, 0.05) is 12.8 Å². The van der Waals surface area contributed by atoms with Crippen molar-refractivity contribution in [2.45, 2.75) is 283 Å². The number of esters is 1. The summed E-state index contributed by atoms with van der Waals surface area (Å²) in [6.45, 7) is 4.79. The predicted octanol–water partition coefficient (Wildman–Crippen LogP) is 16.8. The van der Waals surface area contributed by atoms with Crippen molar-refractivity contribution in [3.8, 4) is 0 Å². The van der Waals surface area contributed by atoms with Gasteiger partial charge in [0.25, 0.3) is 0 Å². The maximum atomic E-state index is 12.4. The first kappa shape index (κ1) is 61.6. The molecule has 0 bridgehead atoms. The van der Waals surface area contributed by atoms with E-state index < -0.39 is 12.1 Å². The van der Waals surface area contributed by atoms with Crippen LogP contribution in [-0.2, 0) is 14.3 Å². The number of aliphatic hydroxyl groups is 2. The van der Waals surface area contributed by atoms with Crippen molar-refractivity contribution in [2.24, 2.45) is 0 Å². The number of hydrogen-bond donors (Lipinski definition) is 3. The van der Waals surface area contributed by atoms with Gasteiger partial charge in [-0.1, -0.05) is 242 Å². The van der Waals surface area contributed by atoms with Crippen molar-refractivity contribution < 1.29 is 24.5 Å². The molecule has 372 valence electrons. The Labute approximate surface area is 397 Å². The number of amides is 1. The summed E-state index contributed by atoms with van der Waals surface area (Å²) in [5, 5.41) is 23.1. The van der Waals surface area contributed by atoms with E-state index in [1.807, 2.05) is 12.2 Å². The van der Waals surface area contributed by atoms with E-state index in [-0.39, 0.29) is 18.5 Å². The monoisotopic (exact) mass is 896 g/mol. The average molecular weight is 896 g/mol. The fourth-order valence-electron chi connectivity index (χ4n) is 7.99. The van der Waals surface area contributed by atoms with Gasteiger partial charge < -0.3 is 20.3 Å². The minimum absolute atomic E-state index is 0.0338. The second-order valence-corrected chi connectivity index (χ2v) is 18.5. The van der Waals surface area contributed by atoms with E-state index in [1.165, 1.54) is 173 Å². The van der Waals surface area contributed by atoms with Gasteiger partial charge in [0.15, 0.2) is 0 Å². The highest BCUT2D eigenvalue weighted by Gasteiger charge is 2.17. The van der Waals surface area contributed by atoms with E-state index in [9.17, 15) is 19.8 Å². The van der Waals surface area contributed by atoms with E-state index >= 15 is 0 Å². The first-order valence-corrected chi connectivity index (χ1v) is 27.6. The van der Waals surface area contributed by atoms with E-state index in [4.69, 9.17) is 4.74 Å². The molecular formula is C58H105NO5. The number of aliphatic hydroxyl groups excluding tert-OH is 2. The number of unbranched alkanes of at least 4 members (excludes halogenated alkanes) is 31. The van der Waals surface area contributed by atoms with Crippen molar-refractivity contribution in [1.29, 1.82) is 0 Å². The van der Waals surface area contributed by atoms with Crippen LogP contribution in [0.1, 0.15) is 271 Å². The zero-order valence-electron chi connectivity index (χ0n) is 42.2. The summed E-state index contributed by atoms with van der Waals surface area (Å²) in [6, 6.07) is -0.674. The van der Waals surface area contributed by atoms with Crippen LogP contribution in [-0.4, -0.2) is 47.4 Å². The predicted molar refractivity (Wildman–Crippen MR) is 278 cm³/mol. The van der Waals surface area contributed by atoms with Crippen LogP contribution in [0.15, 0.2) is 60.8 Å². The molecule has 0 aromatic carbocycles. The number of ether oxygens (including phenoxy) is 1. The summed E-state index contributed by atoms with van der Waals surface area (Å²) in [4.78, 5) is 24.4. The van der Waals surface area contributed by atoms with Crippen LogP contribution in [0.2, 0.25) is 0 Å². The normalized spacial score (nSPS) is 13.1. The molecular weight excluding hydrogens is 791 g/mol. The number of hydrogen-bond acceptors (Lipinski definition) is 5. The largest absolute Gasteiger partial charge is 0.466 e. The zero-order chi connectivity index (χ0) is 46.5. The first-order valence-electron chi connectivity index (χ1n) is 27.6. The van der Waals surface area contributed by atoms with Crippen molar-refractivity contribution in [1.82, 2.24) is 5.32 Å². The molecule has 0 radical (unpaired) electrons. The molecule has 0 rings (SSSR count). The molecule has 1 amide bonds. The summed E-state index contributed by atoms with van der Waals surface area (Å²) in [6.07, 6.45) is 68.1. The standard InChI is InChI=1S/C58H105NO5/c1-3-5-7-9-11-13-15-17-19-20-21-22-23-24-26-30-34-38-42-46-50-56(61)55(54-60)59-57(62)51-47-43-39-35-31-27-25-29-33-37-41-45-49-53-64-58(63)52-48-44-40-36-32-28-18-16-14-12-10-8-6-4-2/h10,12,16,18,27,31,39,43,46,50,55-56,60-61H,3-9,11,13-15,17,19-26,28-30,32-38,40-42,44-45,47-49,51-54H2,1-2H3,(H,59,62)/b12-10-,18-16-,31-27-,43-39-,50-46+. The van der Waals surface area contributed by atoms with Crippen molar-refractivity contribution >= 4 is 11.9 Å². The van der Waals surface area contributed by atoms with Crippen LogP contribution in [0, 0.1) is 0 Å². The number of rotatable bonds is 50. The lowest BCUT2D eigenvalue weighted by atomic mass is 10.0. The smallest absolute Gasteiger partial charge is 0.305 e. The summed E-state index contributed by atoms with van der Waals surface area (Å²) in [5.74, 6) is -0.183. The number of carbonyl (C=O) groups excluding carboxylic acids is 2. The van der Waals surface area contributed by atoms with Crippen molar-refractivity contribution in [2.75, 3.05) is 13.2 Å². The van der Waals surface area contributed by atoms with Gasteiger partial charge in [0.2, 0.25) is 5.91 Å². The molecule has 0 aliphatic rings. The molecule has 0 aromatic rings. The van der Waals surface area contributed by atoms with Gasteiger partial charge in [0.1, 0.15) is 0 Å². The Morgan fingerprint density at radius 2 is 0.812 bits per heavy atom. The fraction of sp³-hybridized carbons (Fsp3) is 0.793. The molecule has 0 fully saturated rings. The molecule has 6 heteroatoms. The molecule has 0 aromatic heterocycles. The lowest BCUT2D eigenvalue weighted by Gasteiger charge is -2.19. The highest BCUT2D eigenvalue weighted by Crippen LogP contribution is 2.16. The lowest BCUT2D eigenvalue weighted by molar-refractivity contribution is -0.143. The molecule has 0 saturated carbocycles. The quantitative estimate of drug-likeness (QED) is 0.0321. The van der Waals surface area contributed by atoms with Crippen LogP contribution >= 0.6 is 0 Å². The average Bonchev–Trinajstić information content (AvgIpc) is 3.29. The SMILES string of the molecule is CCCC/C=C\C/C=C\CCCCCCCC(=O)OCCCCCCCC/C=C\C/C=C\CCC(=O)NC(CO)C(O)/C=C/CCCCCCCCCCCCCCCCCCCC. The zero-order valence-corrected chi connectivity index (χ0v) is 42.2. The summed E-state index contributed by atoms with van der Waals surface area (Å²) in [7, 11) is 0. The topological polar surface area (TPSA) is 95.9 Å². The highest BCUT2D eigenvalue weighted by molar-refractivity contribution is 5.76.